The molecule has 0 radical (unpaired) electrons. The van der Waals surface area contributed by atoms with Crippen LogP contribution in [0.15, 0.2) is 29.4 Å². The lowest BCUT2D eigenvalue weighted by atomic mass is 10.2. The number of aromatic nitrogens is 4. The van der Waals surface area contributed by atoms with E-state index in [2.05, 4.69) is 15.5 Å². The van der Waals surface area contributed by atoms with Gasteiger partial charge in [-0.2, -0.15) is 4.68 Å². The molecule has 1 amide bonds. The zero-order valence-electron chi connectivity index (χ0n) is 13.6. The van der Waals surface area contributed by atoms with Crippen LogP contribution in [0.3, 0.4) is 0 Å². The Balaban J connectivity index is 1.72. The fourth-order valence-electron chi connectivity index (χ4n) is 2.78. The van der Waals surface area contributed by atoms with Crippen molar-refractivity contribution >= 4 is 17.7 Å². The summed E-state index contributed by atoms with van der Waals surface area (Å²) in [5.74, 6) is -0.247. The summed E-state index contributed by atoms with van der Waals surface area (Å²) in [6.45, 7) is 3.50. The van der Waals surface area contributed by atoms with Crippen molar-refractivity contribution in [1.29, 1.82) is 0 Å². The fourth-order valence-corrected chi connectivity index (χ4v) is 3.67. The third kappa shape index (κ3) is 3.92. The molecule has 0 N–H and O–H groups in total. The van der Waals surface area contributed by atoms with E-state index in [4.69, 9.17) is 0 Å². The van der Waals surface area contributed by atoms with E-state index in [9.17, 15) is 9.18 Å². The molecule has 1 fully saturated rings. The number of nitrogens with zero attached hydrogens (tertiary/aromatic N) is 5. The van der Waals surface area contributed by atoms with Gasteiger partial charge < -0.3 is 4.90 Å². The second kappa shape index (κ2) is 7.74. The van der Waals surface area contributed by atoms with Gasteiger partial charge in [0.1, 0.15) is 5.82 Å². The molecule has 1 unspecified atom stereocenters. The van der Waals surface area contributed by atoms with Gasteiger partial charge in [-0.25, -0.2) is 4.39 Å². The van der Waals surface area contributed by atoms with Crippen molar-refractivity contribution in [3.8, 4) is 5.69 Å². The molecule has 1 saturated heterocycles. The Bertz CT molecular complexity index is 699. The minimum atomic E-state index is -0.354. The minimum Gasteiger partial charge on any atom is -0.342 e. The maximum absolute atomic E-state index is 13.4. The van der Waals surface area contributed by atoms with Crippen LogP contribution >= 0.6 is 11.8 Å². The molecule has 2 heterocycles. The Morgan fingerprint density at radius 1 is 1.25 bits per heavy atom. The lowest BCUT2D eigenvalue weighted by Gasteiger charge is -2.23. The molecule has 2 aromatic rings. The van der Waals surface area contributed by atoms with Gasteiger partial charge >= 0.3 is 0 Å². The quantitative estimate of drug-likeness (QED) is 0.794. The first-order valence-electron chi connectivity index (χ1n) is 8.15. The highest BCUT2D eigenvalue weighted by atomic mass is 32.2. The molecule has 8 heteroatoms. The number of halogens is 1. The third-order valence-corrected chi connectivity index (χ3v) is 5.06. The van der Waals surface area contributed by atoms with Gasteiger partial charge in [-0.3, -0.25) is 4.79 Å². The molecule has 0 aliphatic carbocycles. The van der Waals surface area contributed by atoms with E-state index in [-0.39, 0.29) is 17.0 Å². The van der Waals surface area contributed by atoms with E-state index in [1.54, 1.807) is 12.1 Å². The summed E-state index contributed by atoms with van der Waals surface area (Å²) in [6.07, 6.45) is 4.49. The van der Waals surface area contributed by atoms with Crippen LogP contribution in [0.1, 0.15) is 32.6 Å². The van der Waals surface area contributed by atoms with E-state index < -0.39 is 0 Å². The number of benzene rings is 1. The maximum Gasteiger partial charge on any atom is 0.235 e. The number of likely N-dealkylation sites (tertiary alicyclic amines) is 1. The average molecular weight is 349 g/mol. The molecule has 1 aromatic heterocycles. The summed E-state index contributed by atoms with van der Waals surface area (Å²) >= 11 is 1.30. The monoisotopic (exact) mass is 349 g/mol. The summed E-state index contributed by atoms with van der Waals surface area (Å²) in [7, 11) is 0. The van der Waals surface area contributed by atoms with E-state index in [1.807, 2.05) is 11.8 Å². The lowest BCUT2D eigenvalue weighted by molar-refractivity contribution is -0.130. The molecule has 6 nitrogen and oxygen atoms in total. The van der Waals surface area contributed by atoms with Crippen LogP contribution in [0.5, 0.6) is 0 Å². The lowest BCUT2D eigenvalue weighted by Crippen LogP contribution is -2.37. The zero-order valence-corrected chi connectivity index (χ0v) is 14.4. The molecule has 0 bridgehead atoms. The number of carbonyl (C=O) groups excluding carboxylic acids is 1. The van der Waals surface area contributed by atoms with Crippen LogP contribution in [0.4, 0.5) is 4.39 Å². The highest BCUT2D eigenvalue weighted by molar-refractivity contribution is 8.00. The largest absolute Gasteiger partial charge is 0.342 e. The second-order valence-corrected chi connectivity index (χ2v) is 7.16. The molecule has 1 aromatic carbocycles. The average Bonchev–Trinajstić information content (AvgIpc) is 2.86. The van der Waals surface area contributed by atoms with Crippen LogP contribution < -0.4 is 0 Å². The van der Waals surface area contributed by atoms with Gasteiger partial charge in [0.15, 0.2) is 0 Å². The van der Waals surface area contributed by atoms with Crippen molar-refractivity contribution in [1.82, 2.24) is 25.1 Å². The first-order valence-corrected chi connectivity index (χ1v) is 9.03. The van der Waals surface area contributed by atoms with E-state index in [0.717, 1.165) is 25.9 Å². The summed E-state index contributed by atoms with van der Waals surface area (Å²) in [5, 5.41) is 11.7. The third-order valence-electron chi connectivity index (χ3n) is 4.04. The van der Waals surface area contributed by atoms with Gasteiger partial charge in [0.05, 0.1) is 10.9 Å². The van der Waals surface area contributed by atoms with Crippen molar-refractivity contribution < 1.29 is 9.18 Å². The van der Waals surface area contributed by atoms with Gasteiger partial charge in [0.25, 0.3) is 0 Å². The van der Waals surface area contributed by atoms with Gasteiger partial charge in [-0.1, -0.05) is 30.7 Å². The molecule has 1 atom stereocenters. The fraction of sp³-hybridized carbons (Fsp3) is 0.500. The van der Waals surface area contributed by atoms with Crippen molar-refractivity contribution in [3.63, 3.8) is 0 Å². The minimum absolute atomic E-state index is 0.107. The number of tetrazole rings is 1. The van der Waals surface area contributed by atoms with Crippen LogP contribution in [0.2, 0.25) is 0 Å². The summed E-state index contributed by atoms with van der Waals surface area (Å²) in [4.78, 5) is 14.6. The summed E-state index contributed by atoms with van der Waals surface area (Å²) in [5.41, 5.74) is 0.539. The molecule has 1 aliphatic heterocycles. The van der Waals surface area contributed by atoms with Gasteiger partial charge in [-0.05, 0) is 48.4 Å². The highest BCUT2D eigenvalue weighted by Crippen LogP contribution is 2.25. The van der Waals surface area contributed by atoms with Crippen molar-refractivity contribution in [2.75, 3.05) is 13.1 Å². The first-order chi connectivity index (χ1) is 11.6. The molecular weight excluding hydrogens is 329 g/mol. The number of hydrogen-bond donors (Lipinski definition) is 0. The molecule has 128 valence electrons. The standard InChI is InChI=1S/C16H20FN5OS/c1-12(15(23)21-9-4-2-3-5-10-21)24-16-18-19-20-22(16)14-8-6-7-13(17)11-14/h6-8,11-12H,2-5,9-10H2,1H3. The smallest absolute Gasteiger partial charge is 0.235 e. The SMILES string of the molecule is CC(Sc1nnnn1-c1cccc(F)c1)C(=O)N1CCCCCC1. The molecule has 3 rings (SSSR count). The van der Waals surface area contributed by atoms with Crippen LogP contribution in [-0.2, 0) is 4.79 Å². The number of amides is 1. The molecule has 0 spiro atoms. The van der Waals surface area contributed by atoms with E-state index in [0.29, 0.717) is 10.8 Å². The number of hydrogen-bond acceptors (Lipinski definition) is 5. The van der Waals surface area contributed by atoms with Gasteiger partial charge in [0, 0.05) is 13.1 Å². The van der Waals surface area contributed by atoms with Gasteiger partial charge in [0.2, 0.25) is 11.1 Å². The summed E-state index contributed by atoms with van der Waals surface area (Å²) in [6, 6.07) is 6.06. The normalized spacial score (nSPS) is 16.7. The van der Waals surface area contributed by atoms with Crippen molar-refractivity contribution in [3.05, 3.63) is 30.1 Å². The van der Waals surface area contributed by atoms with E-state index in [1.165, 1.54) is 41.4 Å². The molecular formula is C16H20FN5OS. The Hall–Kier alpha value is -1.96. The Labute approximate surface area is 144 Å². The van der Waals surface area contributed by atoms with Crippen LogP contribution in [-0.4, -0.2) is 49.4 Å². The molecule has 24 heavy (non-hydrogen) atoms. The Morgan fingerprint density at radius 2 is 2.00 bits per heavy atom. The van der Waals surface area contributed by atoms with Gasteiger partial charge in [-0.15, -0.1) is 5.10 Å². The van der Waals surface area contributed by atoms with Crippen LogP contribution in [0, 0.1) is 5.82 Å². The Morgan fingerprint density at radius 3 is 2.71 bits per heavy atom. The first kappa shape index (κ1) is 16.9. The van der Waals surface area contributed by atoms with E-state index >= 15 is 0 Å². The molecule has 0 saturated carbocycles. The number of thioether (sulfide) groups is 1. The second-order valence-electron chi connectivity index (χ2n) is 5.85. The van der Waals surface area contributed by atoms with Crippen LogP contribution in [0.25, 0.3) is 5.69 Å². The maximum atomic E-state index is 13.4. The predicted octanol–water partition coefficient (Wildman–Crippen LogP) is 2.68. The Kier molecular flexibility index (Phi) is 5.44. The number of rotatable bonds is 4. The number of carbonyl (C=O) groups is 1. The molecule has 1 aliphatic rings. The zero-order chi connectivity index (χ0) is 16.9. The summed E-state index contributed by atoms with van der Waals surface area (Å²) < 4.78 is 14.9. The topological polar surface area (TPSA) is 63.9 Å². The van der Waals surface area contributed by atoms with Crippen molar-refractivity contribution in [2.24, 2.45) is 0 Å². The predicted molar refractivity (Wildman–Crippen MR) is 89.5 cm³/mol. The highest BCUT2D eigenvalue weighted by Gasteiger charge is 2.24. The van der Waals surface area contributed by atoms with Crippen molar-refractivity contribution in [2.45, 2.75) is 43.0 Å².